The Balaban J connectivity index is 1.55. The minimum Gasteiger partial charge on any atom is -0.462 e. The summed E-state index contributed by atoms with van der Waals surface area (Å²) in [6.07, 6.45) is -3.94. The van der Waals surface area contributed by atoms with Crippen LogP contribution >= 0.6 is 11.8 Å². The standard InChI is InChI=1S/C38H40O8S/c1-27(39)41-26-33(45-28(2)40)34-35(42-23-29-15-7-3-8-16-29)36(43-24-30-17-9-4-10-18-30)37(44-25-31-19-11-5-12-20-31)38(46-34)47-32-21-13-6-14-22-32/h3-22,33-38H,23-26H2,1-2H3/t33-,34-,35-,36+,37+,38-/m1/s1. The van der Waals surface area contributed by atoms with Crippen LogP contribution in [0.1, 0.15) is 30.5 Å². The molecule has 1 saturated heterocycles. The van der Waals surface area contributed by atoms with Crippen LogP contribution in [0.15, 0.2) is 126 Å². The molecule has 1 aliphatic heterocycles. The van der Waals surface area contributed by atoms with Crippen molar-refractivity contribution in [3.8, 4) is 0 Å². The van der Waals surface area contributed by atoms with Crippen LogP contribution in [0.3, 0.4) is 0 Å². The van der Waals surface area contributed by atoms with Gasteiger partial charge in [0, 0.05) is 18.7 Å². The molecule has 9 heteroatoms. The Morgan fingerprint density at radius 2 is 1.06 bits per heavy atom. The molecule has 246 valence electrons. The van der Waals surface area contributed by atoms with Gasteiger partial charge < -0.3 is 28.4 Å². The Hall–Kier alpha value is -3.99. The number of esters is 2. The molecular formula is C38H40O8S. The van der Waals surface area contributed by atoms with Crippen molar-refractivity contribution >= 4 is 23.7 Å². The fraction of sp³-hybridized carbons (Fsp3) is 0.316. The molecule has 4 aromatic rings. The molecule has 8 nitrogen and oxygen atoms in total. The zero-order valence-electron chi connectivity index (χ0n) is 26.5. The second-order valence-corrected chi connectivity index (χ2v) is 12.3. The monoisotopic (exact) mass is 656 g/mol. The topological polar surface area (TPSA) is 89.5 Å². The van der Waals surface area contributed by atoms with Crippen molar-refractivity contribution in [1.82, 2.24) is 0 Å². The average Bonchev–Trinajstić information content (AvgIpc) is 3.09. The van der Waals surface area contributed by atoms with Crippen molar-refractivity contribution in [3.63, 3.8) is 0 Å². The molecule has 4 aromatic carbocycles. The van der Waals surface area contributed by atoms with Gasteiger partial charge in [-0.3, -0.25) is 9.59 Å². The van der Waals surface area contributed by atoms with E-state index in [2.05, 4.69) is 0 Å². The molecule has 0 aromatic heterocycles. The second-order valence-electron chi connectivity index (χ2n) is 11.1. The Labute approximate surface area is 280 Å². The second kappa shape index (κ2) is 17.8. The minimum atomic E-state index is -0.978. The van der Waals surface area contributed by atoms with Gasteiger partial charge in [0.25, 0.3) is 0 Å². The van der Waals surface area contributed by atoms with E-state index in [1.165, 1.54) is 25.6 Å². The fourth-order valence-corrected chi connectivity index (χ4v) is 6.46. The lowest BCUT2D eigenvalue weighted by Crippen LogP contribution is -2.63. The van der Waals surface area contributed by atoms with Gasteiger partial charge in [-0.2, -0.15) is 0 Å². The Morgan fingerprint density at radius 1 is 0.617 bits per heavy atom. The quantitative estimate of drug-likeness (QED) is 0.129. The van der Waals surface area contributed by atoms with Crippen LogP contribution in [0.2, 0.25) is 0 Å². The van der Waals surface area contributed by atoms with E-state index in [1.807, 2.05) is 121 Å². The first-order valence-electron chi connectivity index (χ1n) is 15.6. The zero-order valence-corrected chi connectivity index (χ0v) is 27.3. The molecule has 0 amide bonds. The summed E-state index contributed by atoms with van der Waals surface area (Å²) in [7, 11) is 0. The number of carbonyl (C=O) groups is 2. The molecule has 0 N–H and O–H groups in total. The van der Waals surface area contributed by atoms with Crippen molar-refractivity contribution in [2.75, 3.05) is 6.61 Å². The summed E-state index contributed by atoms with van der Waals surface area (Å²) in [5.41, 5.74) is 2.30. The first kappa shape index (κ1) is 34.3. The van der Waals surface area contributed by atoms with Crippen LogP contribution in [0.4, 0.5) is 0 Å². The highest BCUT2D eigenvalue weighted by Gasteiger charge is 2.52. The molecule has 1 aliphatic rings. The summed E-state index contributed by atoms with van der Waals surface area (Å²) >= 11 is 1.48. The summed E-state index contributed by atoms with van der Waals surface area (Å²) in [6.45, 7) is 3.23. The van der Waals surface area contributed by atoms with Gasteiger partial charge in [0.05, 0.1) is 19.8 Å². The Morgan fingerprint density at radius 3 is 1.53 bits per heavy atom. The summed E-state index contributed by atoms with van der Waals surface area (Å²) < 4.78 is 38.1. The maximum Gasteiger partial charge on any atom is 0.303 e. The lowest BCUT2D eigenvalue weighted by molar-refractivity contribution is -0.267. The van der Waals surface area contributed by atoms with E-state index in [1.54, 1.807) is 0 Å². The largest absolute Gasteiger partial charge is 0.462 e. The number of benzene rings is 4. The van der Waals surface area contributed by atoms with E-state index < -0.39 is 47.9 Å². The maximum absolute atomic E-state index is 12.4. The molecule has 1 heterocycles. The van der Waals surface area contributed by atoms with Crippen molar-refractivity contribution in [3.05, 3.63) is 138 Å². The van der Waals surface area contributed by atoms with Gasteiger partial charge in [-0.25, -0.2) is 0 Å². The number of hydrogen-bond acceptors (Lipinski definition) is 9. The number of rotatable bonds is 15. The zero-order chi connectivity index (χ0) is 32.8. The van der Waals surface area contributed by atoms with Gasteiger partial charge in [0.2, 0.25) is 0 Å². The summed E-state index contributed by atoms with van der Waals surface area (Å²) in [6, 6.07) is 39.4. The lowest BCUT2D eigenvalue weighted by Gasteiger charge is -2.47. The molecule has 0 saturated carbocycles. The number of thioether (sulfide) groups is 1. The smallest absolute Gasteiger partial charge is 0.303 e. The predicted molar refractivity (Wildman–Crippen MR) is 178 cm³/mol. The van der Waals surface area contributed by atoms with Crippen molar-refractivity contribution < 1.29 is 38.0 Å². The summed E-state index contributed by atoms with van der Waals surface area (Å²) in [5.74, 6) is -1.04. The first-order valence-corrected chi connectivity index (χ1v) is 16.5. The van der Waals surface area contributed by atoms with E-state index in [0.717, 1.165) is 21.6 Å². The predicted octanol–water partition coefficient (Wildman–Crippen LogP) is 6.75. The van der Waals surface area contributed by atoms with E-state index in [0.29, 0.717) is 6.61 Å². The molecule has 0 spiro atoms. The normalized spacial score (nSPS) is 21.4. The summed E-state index contributed by atoms with van der Waals surface area (Å²) in [5, 5.41) is 0. The maximum atomic E-state index is 12.4. The van der Waals surface area contributed by atoms with E-state index in [9.17, 15) is 9.59 Å². The summed E-state index contributed by atoms with van der Waals surface area (Å²) in [4.78, 5) is 25.3. The van der Waals surface area contributed by atoms with Crippen LogP contribution in [-0.4, -0.2) is 54.5 Å². The molecule has 47 heavy (non-hydrogen) atoms. The van der Waals surface area contributed by atoms with E-state index in [-0.39, 0.29) is 19.8 Å². The molecule has 6 atom stereocenters. The first-order chi connectivity index (χ1) is 23.0. The molecule has 0 radical (unpaired) electrons. The van der Waals surface area contributed by atoms with Crippen LogP contribution in [-0.2, 0) is 57.8 Å². The van der Waals surface area contributed by atoms with Gasteiger partial charge in [0.15, 0.2) is 6.10 Å². The molecule has 5 rings (SSSR count). The highest BCUT2D eigenvalue weighted by molar-refractivity contribution is 7.99. The van der Waals surface area contributed by atoms with Gasteiger partial charge in [-0.1, -0.05) is 121 Å². The van der Waals surface area contributed by atoms with Crippen molar-refractivity contribution in [2.24, 2.45) is 0 Å². The third-order valence-electron chi connectivity index (χ3n) is 7.52. The SMILES string of the molecule is CC(=O)OC[C@@H](OC(C)=O)[C@H]1O[C@H](Sc2ccccc2)[C@@H](OCc2ccccc2)[C@@H](OCc2ccccc2)[C@@H]1OCc1ccccc1. The average molecular weight is 657 g/mol. The fourth-order valence-electron chi connectivity index (χ4n) is 5.33. The molecule has 0 unspecified atom stereocenters. The van der Waals surface area contributed by atoms with Gasteiger partial charge in [-0.15, -0.1) is 0 Å². The van der Waals surface area contributed by atoms with E-state index in [4.69, 9.17) is 28.4 Å². The molecular weight excluding hydrogens is 616 g/mol. The number of ether oxygens (including phenoxy) is 6. The van der Waals surface area contributed by atoms with Gasteiger partial charge in [-0.05, 0) is 28.8 Å². The Kier molecular flexibility index (Phi) is 13.0. The van der Waals surface area contributed by atoms with Crippen molar-refractivity contribution in [1.29, 1.82) is 0 Å². The highest BCUT2D eigenvalue weighted by Crippen LogP contribution is 2.39. The van der Waals surface area contributed by atoms with E-state index >= 15 is 0 Å². The van der Waals surface area contributed by atoms with Crippen LogP contribution < -0.4 is 0 Å². The van der Waals surface area contributed by atoms with Crippen molar-refractivity contribution in [2.45, 2.75) is 74.5 Å². The van der Waals surface area contributed by atoms with Crippen LogP contribution in [0.25, 0.3) is 0 Å². The highest BCUT2D eigenvalue weighted by atomic mass is 32.2. The van der Waals surface area contributed by atoms with Gasteiger partial charge >= 0.3 is 11.9 Å². The number of carbonyl (C=O) groups excluding carboxylic acids is 2. The Bertz CT molecular complexity index is 1510. The third kappa shape index (κ3) is 10.5. The number of hydrogen-bond donors (Lipinski definition) is 0. The molecule has 1 fully saturated rings. The third-order valence-corrected chi connectivity index (χ3v) is 8.67. The molecule has 0 aliphatic carbocycles. The van der Waals surface area contributed by atoms with Gasteiger partial charge in [0.1, 0.15) is 36.5 Å². The minimum absolute atomic E-state index is 0.214. The lowest BCUT2D eigenvalue weighted by atomic mass is 9.95. The van der Waals surface area contributed by atoms with Crippen LogP contribution in [0, 0.1) is 0 Å². The molecule has 0 bridgehead atoms. The van der Waals surface area contributed by atoms with Crippen LogP contribution in [0.5, 0.6) is 0 Å².